The lowest BCUT2D eigenvalue weighted by Crippen LogP contribution is -2.58. The third kappa shape index (κ3) is 1.13. The third-order valence-corrected chi connectivity index (χ3v) is 8.49. The molecule has 9 aliphatic carbocycles. The summed E-state index contributed by atoms with van der Waals surface area (Å²) in [6.45, 7) is 0. The third-order valence-electron chi connectivity index (χ3n) is 8.49. The monoisotopic (exact) mass is 302 g/mol. The van der Waals surface area contributed by atoms with Crippen molar-refractivity contribution in [3.63, 3.8) is 0 Å². The molecule has 1 spiro atoms. The normalized spacial score (nSPS) is 56.3. The Bertz CT molecular complexity index is 793. The van der Waals surface area contributed by atoms with E-state index in [1.54, 1.807) is 11.1 Å². The van der Waals surface area contributed by atoms with E-state index >= 15 is 0 Å². The lowest BCUT2D eigenvalue weighted by molar-refractivity contribution is -0.135. The van der Waals surface area contributed by atoms with Gasteiger partial charge in [-0.3, -0.25) is 4.79 Å². The van der Waals surface area contributed by atoms with Crippen LogP contribution in [0.3, 0.4) is 0 Å². The second-order valence-electron chi connectivity index (χ2n) is 9.12. The largest absolute Gasteiger partial charge is 0.299 e. The highest BCUT2D eigenvalue weighted by Crippen LogP contribution is 2.77. The summed E-state index contributed by atoms with van der Waals surface area (Å²) in [6.07, 6.45) is 18.4. The summed E-state index contributed by atoms with van der Waals surface area (Å²) < 4.78 is 0. The quantitative estimate of drug-likeness (QED) is 0.612. The average molecular weight is 302 g/mol. The molecule has 3 saturated carbocycles. The maximum Gasteiger partial charge on any atom is 0.136 e. The molecule has 0 aliphatic heterocycles. The van der Waals surface area contributed by atoms with Gasteiger partial charge in [0, 0.05) is 17.8 Å². The topological polar surface area (TPSA) is 17.1 Å². The molecule has 0 heterocycles. The van der Waals surface area contributed by atoms with Crippen LogP contribution in [-0.2, 0) is 4.79 Å². The Kier molecular flexibility index (Phi) is 1.84. The van der Waals surface area contributed by atoms with E-state index in [1.165, 1.54) is 12.8 Å². The standard InChI is InChI=1S/C22H22O/c23-16-5-1-4-13-14-6-7-15(18(13)16)19-17-11-3-2-8-22(10-12(22)9-11)21(17)20(14)19/h2,6-9,12-15,18-20H,1,3-5,10H2. The first-order valence-electron chi connectivity index (χ1n) is 9.64. The van der Waals surface area contributed by atoms with Crippen LogP contribution in [0.5, 0.6) is 0 Å². The Morgan fingerprint density at radius 2 is 2.00 bits per heavy atom. The Morgan fingerprint density at radius 1 is 1.09 bits per heavy atom. The SMILES string of the molecule is O=C1CCCC2C3C=CC(C12)C1C2=C(C31)C13C=CCC2=CC1C3. The van der Waals surface area contributed by atoms with E-state index in [1.807, 2.05) is 5.57 Å². The molecule has 0 radical (unpaired) electrons. The summed E-state index contributed by atoms with van der Waals surface area (Å²) in [6, 6.07) is 0. The molecule has 1 heteroatoms. The van der Waals surface area contributed by atoms with Crippen molar-refractivity contribution in [3.05, 3.63) is 47.1 Å². The lowest BCUT2D eigenvalue weighted by atomic mass is 9.40. The number of hydrogen-bond donors (Lipinski definition) is 0. The molecular weight excluding hydrogens is 280 g/mol. The van der Waals surface area contributed by atoms with E-state index in [-0.39, 0.29) is 0 Å². The minimum atomic E-state index is 0.358. The zero-order chi connectivity index (χ0) is 14.9. The predicted molar refractivity (Wildman–Crippen MR) is 88.3 cm³/mol. The fourth-order valence-electron chi connectivity index (χ4n) is 7.72. The van der Waals surface area contributed by atoms with Crippen LogP contribution in [0.4, 0.5) is 0 Å². The predicted octanol–water partition coefficient (Wildman–Crippen LogP) is 4.24. The van der Waals surface area contributed by atoms with Gasteiger partial charge in [-0.15, -0.1) is 0 Å². The highest BCUT2D eigenvalue weighted by molar-refractivity contribution is 5.84. The van der Waals surface area contributed by atoms with Crippen molar-refractivity contribution in [1.29, 1.82) is 0 Å². The van der Waals surface area contributed by atoms with Gasteiger partial charge in [-0.2, -0.15) is 0 Å². The van der Waals surface area contributed by atoms with Gasteiger partial charge in [0.15, 0.2) is 0 Å². The van der Waals surface area contributed by atoms with Gasteiger partial charge in [-0.1, -0.05) is 36.0 Å². The molecule has 0 aromatic rings. The zero-order valence-electron chi connectivity index (χ0n) is 13.4. The van der Waals surface area contributed by atoms with Crippen LogP contribution >= 0.6 is 0 Å². The summed E-state index contributed by atoms with van der Waals surface area (Å²) in [5, 5.41) is 0. The van der Waals surface area contributed by atoms with Gasteiger partial charge in [-0.05, 0) is 72.3 Å². The molecule has 0 aromatic carbocycles. The summed E-state index contributed by atoms with van der Waals surface area (Å²) in [4.78, 5) is 12.7. The smallest absolute Gasteiger partial charge is 0.136 e. The van der Waals surface area contributed by atoms with E-state index in [2.05, 4.69) is 30.4 Å². The highest BCUT2D eigenvalue weighted by Gasteiger charge is 2.69. The van der Waals surface area contributed by atoms with Gasteiger partial charge >= 0.3 is 0 Å². The van der Waals surface area contributed by atoms with Crippen LogP contribution < -0.4 is 0 Å². The molecule has 0 aromatic heterocycles. The van der Waals surface area contributed by atoms with Gasteiger partial charge in [0.1, 0.15) is 5.78 Å². The maximum atomic E-state index is 12.7. The van der Waals surface area contributed by atoms with Crippen LogP contribution in [0, 0.1) is 46.8 Å². The number of Topliss-reactive ketones (excluding diaryl/α,β-unsaturated/α-hetero) is 1. The number of fused-ring (bicyclic) bond motifs is 1. The van der Waals surface area contributed by atoms with Gasteiger partial charge in [0.25, 0.3) is 0 Å². The number of rotatable bonds is 0. The Balaban J connectivity index is 1.43. The second-order valence-corrected chi connectivity index (χ2v) is 9.12. The molecule has 8 unspecified atom stereocenters. The van der Waals surface area contributed by atoms with Gasteiger partial charge in [0.2, 0.25) is 0 Å². The molecule has 9 rings (SSSR count). The first-order valence-corrected chi connectivity index (χ1v) is 9.64. The number of carbonyl (C=O) groups excluding carboxylic acids is 1. The molecule has 0 amide bonds. The van der Waals surface area contributed by atoms with E-state index in [0.29, 0.717) is 40.8 Å². The molecule has 1 nitrogen and oxygen atoms in total. The summed E-state index contributed by atoms with van der Waals surface area (Å²) in [5.74, 6) is 5.08. The van der Waals surface area contributed by atoms with Gasteiger partial charge in [-0.25, -0.2) is 0 Å². The van der Waals surface area contributed by atoms with Crippen molar-refractivity contribution in [2.75, 3.05) is 0 Å². The maximum absolute atomic E-state index is 12.7. The minimum Gasteiger partial charge on any atom is -0.299 e. The summed E-state index contributed by atoms with van der Waals surface area (Å²) >= 11 is 0. The number of hydrogen-bond acceptors (Lipinski definition) is 1. The molecule has 9 aliphatic rings. The highest BCUT2D eigenvalue weighted by atomic mass is 16.1. The van der Waals surface area contributed by atoms with Crippen LogP contribution in [0.15, 0.2) is 47.1 Å². The van der Waals surface area contributed by atoms with Crippen molar-refractivity contribution in [3.8, 4) is 0 Å². The molecule has 0 saturated heterocycles. The van der Waals surface area contributed by atoms with Gasteiger partial charge < -0.3 is 0 Å². The minimum absolute atomic E-state index is 0.358. The van der Waals surface area contributed by atoms with Crippen molar-refractivity contribution < 1.29 is 4.79 Å². The fourth-order valence-corrected chi connectivity index (χ4v) is 7.72. The number of allylic oxidation sites excluding steroid dienone is 8. The summed E-state index contributed by atoms with van der Waals surface area (Å²) in [5.41, 5.74) is 5.63. The first-order chi connectivity index (χ1) is 11.3. The molecule has 4 bridgehead atoms. The molecule has 23 heavy (non-hydrogen) atoms. The lowest BCUT2D eigenvalue weighted by Gasteiger charge is -2.63. The van der Waals surface area contributed by atoms with Crippen molar-refractivity contribution in [1.82, 2.24) is 0 Å². The molecule has 116 valence electrons. The van der Waals surface area contributed by atoms with Crippen LogP contribution in [0.25, 0.3) is 0 Å². The van der Waals surface area contributed by atoms with Crippen LogP contribution in [0.2, 0.25) is 0 Å². The van der Waals surface area contributed by atoms with Crippen LogP contribution in [-0.4, -0.2) is 5.78 Å². The number of ketones is 1. The molecule has 8 atom stereocenters. The first kappa shape index (κ1) is 12.1. The van der Waals surface area contributed by atoms with Crippen molar-refractivity contribution >= 4 is 5.78 Å². The van der Waals surface area contributed by atoms with E-state index in [4.69, 9.17) is 0 Å². The second kappa shape index (κ2) is 3.50. The van der Waals surface area contributed by atoms with E-state index < -0.39 is 0 Å². The van der Waals surface area contributed by atoms with Crippen LogP contribution in [0.1, 0.15) is 32.1 Å². The zero-order valence-corrected chi connectivity index (χ0v) is 13.4. The fraction of sp³-hybridized carbons (Fsp3) is 0.591. The molecule has 3 fully saturated rings. The van der Waals surface area contributed by atoms with Crippen molar-refractivity contribution in [2.45, 2.75) is 32.1 Å². The Morgan fingerprint density at radius 3 is 2.96 bits per heavy atom. The Hall–Kier alpha value is -1.37. The van der Waals surface area contributed by atoms with E-state index in [0.717, 1.165) is 31.1 Å². The molecule has 0 N–H and O–H groups in total. The summed E-state index contributed by atoms with van der Waals surface area (Å²) in [7, 11) is 0. The molecular formula is C22H22O. The number of carbonyl (C=O) groups is 1. The van der Waals surface area contributed by atoms with Crippen molar-refractivity contribution in [2.24, 2.45) is 46.8 Å². The van der Waals surface area contributed by atoms with E-state index in [9.17, 15) is 4.79 Å². The average Bonchev–Trinajstić information content (AvgIpc) is 3.25. The van der Waals surface area contributed by atoms with Gasteiger partial charge in [0.05, 0.1) is 0 Å². The Labute approximate surface area is 137 Å².